The zero-order valence-corrected chi connectivity index (χ0v) is 10.8. The molecule has 1 atom stereocenters. The van der Waals surface area contributed by atoms with Gasteiger partial charge in [0.2, 0.25) is 0 Å². The van der Waals surface area contributed by atoms with E-state index in [0.29, 0.717) is 5.52 Å². The fourth-order valence-electron chi connectivity index (χ4n) is 2.90. The molecule has 0 bridgehead atoms. The van der Waals surface area contributed by atoms with Gasteiger partial charge in [-0.3, -0.25) is 0 Å². The van der Waals surface area contributed by atoms with Gasteiger partial charge in [0.15, 0.2) is 5.82 Å². The quantitative estimate of drug-likeness (QED) is 0.883. The number of para-hydroxylation sites is 1. The third kappa shape index (κ3) is 1.56. The van der Waals surface area contributed by atoms with E-state index in [4.69, 9.17) is 0 Å². The molecule has 1 aromatic carbocycles. The minimum atomic E-state index is -0.226. The van der Waals surface area contributed by atoms with Gasteiger partial charge in [-0.05, 0) is 32.0 Å². The first-order valence-electron chi connectivity index (χ1n) is 6.51. The Bertz CT molecular complexity index is 582. The van der Waals surface area contributed by atoms with E-state index in [1.54, 1.807) is 6.07 Å². The van der Waals surface area contributed by atoms with E-state index in [2.05, 4.69) is 28.7 Å². The van der Waals surface area contributed by atoms with E-state index in [9.17, 15) is 4.39 Å². The number of hydrogen-bond acceptors (Lipinski definition) is 2. The molecule has 0 aliphatic carbocycles. The minimum absolute atomic E-state index is 0.0153. The average Bonchev–Trinajstić information content (AvgIpc) is 2.94. The molecule has 1 aliphatic rings. The van der Waals surface area contributed by atoms with Gasteiger partial charge >= 0.3 is 0 Å². The smallest absolute Gasteiger partial charge is 0.151 e. The number of aromatic nitrogens is 2. The largest absolute Gasteiger partial charge is 0.328 e. The summed E-state index contributed by atoms with van der Waals surface area (Å²) in [6.07, 6.45) is 1.05. The van der Waals surface area contributed by atoms with Crippen molar-refractivity contribution in [3.05, 3.63) is 29.8 Å². The molecule has 4 heteroatoms. The van der Waals surface area contributed by atoms with E-state index in [-0.39, 0.29) is 11.2 Å². The number of halogens is 1. The van der Waals surface area contributed by atoms with E-state index in [1.165, 1.54) is 6.07 Å². The van der Waals surface area contributed by atoms with Gasteiger partial charge in [0.05, 0.1) is 5.52 Å². The topological polar surface area (TPSA) is 29.9 Å². The number of nitrogens with zero attached hydrogens (tertiary/aromatic N) is 2. The standard InChI is InChI=1S/C14H18FN3/c1-3-18-11-6-4-5-10(15)12(11)17-13(18)14(2)7-8-16-9-14/h4-6,16H,3,7-9H2,1-2H3. The maximum absolute atomic E-state index is 13.8. The van der Waals surface area contributed by atoms with E-state index in [1.807, 2.05) is 6.07 Å². The molecule has 3 rings (SSSR count). The summed E-state index contributed by atoms with van der Waals surface area (Å²) in [7, 11) is 0. The summed E-state index contributed by atoms with van der Waals surface area (Å²) < 4.78 is 16.0. The van der Waals surface area contributed by atoms with Crippen LogP contribution in [-0.4, -0.2) is 22.6 Å². The number of rotatable bonds is 2. The Kier molecular flexibility index (Phi) is 2.63. The molecule has 0 saturated carbocycles. The van der Waals surface area contributed by atoms with Crippen LogP contribution in [0.15, 0.2) is 18.2 Å². The maximum atomic E-state index is 13.8. The molecule has 0 amide bonds. The van der Waals surface area contributed by atoms with Gasteiger partial charge in [0.25, 0.3) is 0 Å². The van der Waals surface area contributed by atoms with Crippen molar-refractivity contribution in [3.63, 3.8) is 0 Å². The Morgan fingerprint density at radius 2 is 2.33 bits per heavy atom. The molecular formula is C14H18FN3. The van der Waals surface area contributed by atoms with Gasteiger partial charge in [-0.1, -0.05) is 13.0 Å². The Labute approximate surface area is 106 Å². The van der Waals surface area contributed by atoms with Crippen molar-refractivity contribution in [3.8, 4) is 0 Å². The normalized spacial score (nSPS) is 23.9. The van der Waals surface area contributed by atoms with Crippen LogP contribution in [0.1, 0.15) is 26.1 Å². The molecule has 1 aliphatic heterocycles. The van der Waals surface area contributed by atoms with Crippen LogP contribution < -0.4 is 5.32 Å². The predicted molar refractivity (Wildman–Crippen MR) is 70.2 cm³/mol. The third-order valence-electron chi connectivity index (χ3n) is 3.95. The molecule has 1 fully saturated rings. The van der Waals surface area contributed by atoms with Crippen LogP contribution in [0.3, 0.4) is 0 Å². The van der Waals surface area contributed by atoms with Crippen molar-refractivity contribution in [1.29, 1.82) is 0 Å². The monoisotopic (exact) mass is 247 g/mol. The van der Waals surface area contributed by atoms with Crippen LogP contribution in [0.5, 0.6) is 0 Å². The second-order valence-corrected chi connectivity index (χ2v) is 5.27. The van der Waals surface area contributed by atoms with Crippen LogP contribution in [0.2, 0.25) is 0 Å². The molecule has 0 radical (unpaired) electrons. The van der Waals surface area contributed by atoms with Crippen LogP contribution in [0.4, 0.5) is 4.39 Å². The molecule has 3 nitrogen and oxygen atoms in total. The number of aryl methyl sites for hydroxylation is 1. The summed E-state index contributed by atoms with van der Waals surface area (Å²) in [4.78, 5) is 4.58. The number of fused-ring (bicyclic) bond motifs is 1. The molecule has 1 unspecified atom stereocenters. The lowest BCUT2D eigenvalue weighted by Crippen LogP contribution is -2.29. The highest BCUT2D eigenvalue weighted by molar-refractivity contribution is 5.77. The van der Waals surface area contributed by atoms with Crippen LogP contribution in [0.25, 0.3) is 11.0 Å². The molecular weight excluding hydrogens is 229 g/mol. The van der Waals surface area contributed by atoms with Crippen molar-refractivity contribution in [2.24, 2.45) is 0 Å². The van der Waals surface area contributed by atoms with Crippen LogP contribution >= 0.6 is 0 Å². The summed E-state index contributed by atoms with van der Waals surface area (Å²) in [5.41, 5.74) is 1.42. The SMILES string of the molecule is CCn1c(C2(C)CCNC2)nc2c(F)cccc21. The average molecular weight is 247 g/mol. The maximum Gasteiger partial charge on any atom is 0.151 e. The molecule has 2 aromatic rings. The molecule has 0 spiro atoms. The van der Waals surface area contributed by atoms with Gasteiger partial charge in [-0.15, -0.1) is 0 Å². The molecule has 2 heterocycles. The predicted octanol–water partition coefficient (Wildman–Crippen LogP) is 2.45. The summed E-state index contributed by atoms with van der Waals surface area (Å²) in [5.74, 6) is 0.783. The summed E-state index contributed by atoms with van der Waals surface area (Å²) in [5, 5.41) is 3.37. The van der Waals surface area contributed by atoms with E-state index < -0.39 is 0 Å². The summed E-state index contributed by atoms with van der Waals surface area (Å²) >= 11 is 0. The second-order valence-electron chi connectivity index (χ2n) is 5.27. The third-order valence-corrected chi connectivity index (χ3v) is 3.95. The summed E-state index contributed by atoms with van der Waals surface area (Å²) in [6, 6.07) is 5.18. The Hall–Kier alpha value is -1.42. The van der Waals surface area contributed by atoms with Gasteiger partial charge in [-0.2, -0.15) is 0 Å². The number of hydrogen-bond donors (Lipinski definition) is 1. The first-order chi connectivity index (χ1) is 8.65. The highest BCUT2D eigenvalue weighted by atomic mass is 19.1. The molecule has 18 heavy (non-hydrogen) atoms. The first-order valence-corrected chi connectivity index (χ1v) is 6.51. The highest BCUT2D eigenvalue weighted by Crippen LogP contribution is 2.32. The fourth-order valence-corrected chi connectivity index (χ4v) is 2.90. The van der Waals surface area contributed by atoms with Gasteiger partial charge in [-0.25, -0.2) is 9.37 Å². The lowest BCUT2D eigenvalue weighted by atomic mass is 9.89. The Balaban J connectivity index is 2.26. The van der Waals surface area contributed by atoms with Crippen molar-refractivity contribution >= 4 is 11.0 Å². The fraction of sp³-hybridized carbons (Fsp3) is 0.500. The zero-order chi connectivity index (χ0) is 12.8. The highest BCUT2D eigenvalue weighted by Gasteiger charge is 2.35. The van der Waals surface area contributed by atoms with Crippen LogP contribution in [0, 0.1) is 5.82 Å². The Morgan fingerprint density at radius 3 is 3.00 bits per heavy atom. The number of imidazole rings is 1. The van der Waals surface area contributed by atoms with Crippen molar-refractivity contribution in [2.45, 2.75) is 32.2 Å². The molecule has 1 saturated heterocycles. The molecule has 1 N–H and O–H groups in total. The van der Waals surface area contributed by atoms with E-state index in [0.717, 1.165) is 37.4 Å². The van der Waals surface area contributed by atoms with E-state index >= 15 is 0 Å². The van der Waals surface area contributed by atoms with Gasteiger partial charge in [0, 0.05) is 18.5 Å². The second kappa shape index (κ2) is 4.05. The van der Waals surface area contributed by atoms with Gasteiger partial charge < -0.3 is 9.88 Å². The molecule has 1 aromatic heterocycles. The number of benzene rings is 1. The Morgan fingerprint density at radius 1 is 1.50 bits per heavy atom. The number of nitrogens with one attached hydrogen (secondary N) is 1. The van der Waals surface area contributed by atoms with Gasteiger partial charge in [0.1, 0.15) is 11.3 Å². The van der Waals surface area contributed by atoms with Crippen molar-refractivity contribution < 1.29 is 4.39 Å². The zero-order valence-electron chi connectivity index (χ0n) is 10.8. The van der Waals surface area contributed by atoms with Crippen molar-refractivity contribution in [1.82, 2.24) is 14.9 Å². The lowest BCUT2D eigenvalue weighted by molar-refractivity contribution is 0.464. The van der Waals surface area contributed by atoms with Crippen LogP contribution in [-0.2, 0) is 12.0 Å². The first kappa shape index (κ1) is 11.7. The molecule has 96 valence electrons. The lowest BCUT2D eigenvalue weighted by Gasteiger charge is -2.23. The van der Waals surface area contributed by atoms with Crippen molar-refractivity contribution in [2.75, 3.05) is 13.1 Å². The minimum Gasteiger partial charge on any atom is -0.328 e. The summed E-state index contributed by atoms with van der Waals surface area (Å²) in [6.45, 7) is 7.04.